The molecule has 0 amide bonds. The van der Waals surface area contributed by atoms with Gasteiger partial charge in [-0.05, 0) is 29.9 Å². The van der Waals surface area contributed by atoms with Gasteiger partial charge in [-0.2, -0.15) is 0 Å². The van der Waals surface area contributed by atoms with E-state index in [4.69, 9.17) is 9.84 Å². The van der Waals surface area contributed by atoms with Gasteiger partial charge in [-0.25, -0.2) is 4.98 Å². The number of carbonyl (C=O) groups excluding carboxylic acids is 1. The molecule has 0 saturated heterocycles. The summed E-state index contributed by atoms with van der Waals surface area (Å²) in [6.07, 6.45) is 4.36. The van der Waals surface area contributed by atoms with Crippen LogP contribution in [0.2, 0.25) is 0 Å². The van der Waals surface area contributed by atoms with E-state index in [0.717, 1.165) is 29.2 Å². The van der Waals surface area contributed by atoms with Crippen LogP contribution in [-0.2, 0) is 16.1 Å². The van der Waals surface area contributed by atoms with E-state index in [9.17, 15) is 4.79 Å². The molecule has 18 heavy (non-hydrogen) atoms. The predicted molar refractivity (Wildman–Crippen MR) is 69.2 cm³/mol. The third kappa shape index (κ3) is 3.46. The van der Waals surface area contributed by atoms with Crippen molar-refractivity contribution in [2.24, 2.45) is 5.41 Å². The van der Waals surface area contributed by atoms with Crippen molar-refractivity contribution in [2.75, 3.05) is 12.9 Å². The van der Waals surface area contributed by atoms with E-state index in [0.29, 0.717) is 6.42 Å². The van der Waals surface area contributed by atoms with Crippen LogP contribution < -0.4 is 0 Å². The van der Waals surface area contributed by atoms with Gasteiger partial charge in [0.05, 0.1) is 25.2 Å². The lowest BCUT2D eigenvalue weighted by molar-refractivity contribution is -0.141. The molecule has 0 bridgehead atoms. The fraction of sp³-hybridized carbons (Fsp3) is 0.538. The van der Waals surface area contributed by atoms with Gasteiger partial charge in [-0.1, -0.05) is 6.07 Å². The van der Waals surface area contributed by atoms with Crippen LogP contribution in [-0.4, -0.2) is 28.9 Å². The lowest BCUT2D eigenvalue weighted by atomic mass is 10.1. The zero-order valence-electron chi connectivity index (χ0n) is 10.4. The predicted octanol–water partition coefficient (Wildman–Crippen LogP) is 2.01. The number of pyridine rings is 1. The standard InChI is InChI=1S/C13H17NO3S/c1-17-12(16)6-13(4-5-13)9-18-11-3-2-10(8-15)7-14-11/h2-3,7,15H,4-6,8-9H2,1H3. The summed E-state index contributed by atoms with van der Waals surface area (Å²) in [4.78, 5) is 15.6. The van der Waals surface area contributed by atoms with Crippen molar-refractivity contribution >= 4 is 17.7 Å². The summed E-state index contributed by atoms with van der Waals surface area (Å²) in [5, 5.41) is 9.86. The zero-order chi connectivity index (χ0) is 13.0. The average molecular weight is 267 g/mol. The minimum Gasteiger partial charge on any atom is -0.469 e. The smallest absolute Gasteiger partial charge is 0.306 e. The summed E-state index contributed by atoms with van der Waals surface area (Å²) in [6, 6.07) is 3.78. The second-order valence-corrected chi connectivity index (χ2v) is 5.70. The molecule has 1 aromatic rings. The van der Waals surface area contributed by atoms with Crippen molar-refractivity contribution < 1.29 is 14.6 Å². The van der Waals surface area contributed by atoms with E-state index in [2.05, 4.69) is 4.98 Å². The molecule has 5 heteroatoms. The number of methoxy groups -OCH3 is 1. The van der Waals surface area contributed by atoms with Crippen molar-refractivity contribution in [1.82, 2.24) is 4.98 Å². The van der Waals surface area contributed by atoms with E-state index in [1.54, 1.807) is 18.0 Å². The number of esters is 1. The SMILES string of the molecule is COC(=O)CC1(CSc2ccc(CO)cn2)CC1. The van der Waals surface area contributed by atoms with Crippen molar-refractivity contribution in [3.63, 3.8) is 0 Å². The Balaban J connectivity index is 1.85. The first-order valence-electron chi connectivity index (χ1n) is 5.93. The number of hydrogen-bond acceptors (Lipinski definition) is 5. The number of aromatic nitrogens is 1. The topological polar surface area (TPSA) is 59.4 Å². The molecular formula is C13H17NO3S. The maximum atomic E-state index is 11.3. The Bertz CT molecular complexity index is 415. The number of aliphatic hydroxyl groups excluding tert-OH is 1. The molecule has 1 fully saturated rings. The Morgan fingerprint density at radius 2 is 2.33 bits per heavy atom. The average Bonchev–Trinajstić information content (AvgIpc) is 3.17. The number of hydrogen-bond donors (Lipinski definition) is 1. The number of carbonyl (C=O) groups is 1. The van der Waals surface area contributed by atoms with E-state index in [1.165, 1.54) is 7.11 Å². The molecule has 0 unspecified atom stereocenters. The normalized spacial score (nSPS) is 16.3. The van der Waals surface area contributed by atoms with E-state index < -0.39 is 0 Å². The van der Waals surface area contributed by atoms with Gasteiger partial charge >= 0.3 is 5.97 Å². The van der Waals surface area contributed by atoms with E-state index in [-0.39, 0.29) is 18.0 Å². The van der Waals surface area contributed by atoms with Crippen LogP contribution in [0, 0.1) is 5.41 Å². The monoisotopic (exact) mass is 267 g/mol. The van der Waals surface area contributed by atoms with Gasteiger partial charge in [0.2, 0.25) is 0 Å². The molecule has 0 spiro atoms. The first kappa shape index (κ1) is 13.4. The minimum absolute atomic E-state index is 0.0181. The molecule has 1 aliphatic rings. The fourth-order valence-electron chi connectivity index (χ4n) is 1.74. The van der Waals surface area contributed by atoms with Crippen LogP contribution >= 0.6 is 11.8 Å². The van der Waals surface area contributed by atoms with Crippen LogP contribution in [0.5, 0.6) is 0 Å². The number of rotatable bonds is 6. The first-order valence-corrected chi connectivity index (χ1v) is 6.91. The van der Waals surface area contributed by atoms with Crippen LogP contribution in [0.3, 0.4) is 0 Å². The molecule has 0 aliphatic heterocycles. The molecular weight excluding hydrogens is 250 g/mol. The highest BCUT2D eigenvalue weighted by atomic mass is 32.2. The molecule has 2 rings (SSSR count). The molecule has 1 saturated carbocycles. The van der Waals surface area contributed by atoms with Crippen LogP contribution in [0.4, 0.5) is 0 Å². The largest absolute Gasteiger partial charge is 0.469 e. The highest BCUT2D eigenvalue weighted by Gasteiger charge is 2.44. The molecule has 0 aromatic carbocycles. The van der Waals surface area contributed by atoms with Crippen LogP contribution in [0.1, 0.15) is 24.8 Å². The second kappa shape index (κ2) is 5.71. The van der Waals surface area contributed by atoms with Crippen molar-refractivity contribution in [2.45, 2.75) is 30.9 Å². The summed E-state index contributed by atoms with van der Waals surface area (Å²) < 4.78 is 4.72. The van der Waals surface area contributed by atoms with Gasteiger partial charge in [-0.3, -0.25) is 4.79 Å². The lowest BCUT2D eigenvalue weighted by Gasteiger charge is -2.12. The van der Waals surface area contributed by atoms with Crippen LogP contribution in [0.15, 0.2) is 23.4 Å². The number of aliphatic hydroxyl groups is 1. The summed E-state index contributed by atoms with van der Waals surface area (Å²) >= 11 is 1.66. The summed E-state index contributed by atoms with van der Waals surface area (Å²) in [5.74, 6) is 0.768. The van der Waals surface area contributed by atoms with Gasteiger partial charge in [0.1, 0.15) is 0 Å². The van der Waals surface area contributed by atoms with E-state index >= 15 is 0 Å². The number of nitrogens with zero attached hydrogens (tertiary/aromatic N) is 1. The maximum absolute atomic E-state index is 11.3. The molecule has 0 atom stereocenters. The van der Waals surface area contributed by atoms with Gasteiger partial charge in [0.25, 0.3) is 0 Å². The third-order valence-electron chi connectivity index (χ3n) is 3.21. The molecule has 0 radical (unpaired) electrons. The highest BCUT2D eigenvalue weighted by molar-refractivity contribution is 7.99. The first-order chi connectivity index (χ1) is 8.67. The molecule has 98 valence electrons. The third-order valence-corrected chi connectivity index (χ3v) is 4.50. The van der Waals surface area contributed by atoms with Crippen molar-refractivity contribution in [1.29, 1.82) is 0 Å². The molecule has 1 N–H and O–H groups in total. The van der Waals surface area contributed by atoms with Crippen LogP contribution in [0.25, 0.3) is 0 Å². The Kier molecular flexibility index (Phi) is 4.24. The Hall–Kier alpha value is -1.07. The summed E-state index contributed by atoms with van der Waals surface area (Å²) in [7, 11) is 1.43. The zero-order valence-corrected chi connectivity index (χ0v) is 11.2. The summed E-state index contributed by atoms with van der Waals surface area (Å²) in [5.41, 5.74) is 0.935. The Labute approximate surface area is 111 Å². The second-order valence-electron chi connectivity index (χ2n) is 4.70. The lowest BCUT2D eigenvalue weighted by Crippen LogP contribution is -2.13. The number of thioether (sulfide) groups is 1. The molecule has 1 heterocycles. The van der Waals surface area contributed by atoms with Crippen molar-refractivity contribution in [3.8, 4) is 0 Å². The van der Waals surface area contributed by atoms with Crippen molar-refractivity contribution in [3.05, 3.63) is 23.9 Å². The molecule has 1 aliphatic carbocycles. The highest BCUT2D eigenvalue weighted by Crippen LogP contribution is 2.51. The van der Waals surface area contributed by atoms with Gasteiger partial charge < -0.3 is 9.84 Å². The quantitative estimate of drug-likeness (QED) is 0.631. The Morgan fingerprint density at radius 1 is 1.56 bits per heavy atom. The van der Waals surface area contributed by atoms with E-state index in [1.807, 2.05) is 12.1 Å². The fourth-order valence-corrected chi connectivity index (χ4v) is 2.88. The minimum atomic E-state index is -0.128. The Morgan fingerprint density at radius 3 is 2.83 bits per heavy atom. The van der Waals surface area contributed by atoms with Gasteiger partial charge in [0, 0.05) is 11.9 Å². The van der Waals surface area contributed by atoms with Gasteiger partial charge in [0.15, 0.2) is 0 Å². The number of ether oxygens (including phenoxy) is 1. The van der Waals surface area contributed by atoms with Gasteiger partial charge in [-0.15, -0.1) is 11.8 Å². The maximum Gasteiger partial charge on any atom is 0.306 e. The molecule has 4 nitrogen and oxygen atoms in total. The summed E-state index contributed by atoms with van der Waals surface area (Å²) in [6.45, 7) is 0.0181. The molecule has 1 aromatic heterocycles.